The van der Waals surface area contributed by atoms with E-state index in [1.807, 2.05) is 6.07 Å². The monoisotopic (exact) mass is 350 g/mol. The molecule has 2 aromatic heterocycles. The average Bonchev–Trinajstić information content (AvgIpc) is 3.21. The van der Waals surface area contributed by atoms with E-state index >= 15 is 0 Å². The molecule has 2 heterocycles. The van der Waals surface area contributed by atoms with Gasteiger partial charge in [0.1, 0.15) is 29.4 Å². The van der Waals surface area contributed by atoms with Gasteiger partial charge >= 0.3 is 0 Å². The van der Waals surface area contributed by atoms with Gasteiger partial charge in [-0.1, -0.05) is 17.8 Å². The van der Waals surface area contributed by atoms with Crippen LogP contribution in [0.5, 0.6) is 0 Å². The third kappa shape index (κ3) is 3.80. The van der Waals surface area contributed by atoms with E-state index < -0.39 is 23.2 Å². The van der Waals surface area contributed by atoms with Crippen molar-refractivity contribution < 1.29 is 18.0 Å². The van der Waals surface area contributed by atoms with Crippen LogP contribution in [0.15, 0.2) is 52.5 Å². The molecular weight excluding hydrogens is 338 g/mol. The van der Waals surface area contributed by atoms with Crippen molar-refractivity contribution in [2.45, 2.75) is 11.7 Å². The number of carbonyl (C=O) groups is 1. The molecule has 0 atom stereocenters. The fraction of sp³-hybridized carbons (Fsp3) is 0.133. The zero-order chi connectivity index (χ0) is 16.9. The lowest BCUT2D eigenvalue weighted by atomic mass is 10.3. The first-order chi connectivity index (χ1) is 11.6. The van der Waals surface area contributed by atoms with E-state index in [0.717, 1.165) is 29.7 Å². The number of anilines is 1. The van der Waals surface area contributed by atoms with Crippen molar-refractivity contribution in [3.8, 4) is 0 Å². The van der Waals surface area contributed by atoms with Crippen molar-refractivity contribution in [3.05, 3.63) is 60.3 Å². The number of rotatable bonds is 6. The van der Waals surface area contributed by atoms with E-state index in [-0.39, 0.29) is 5.75 Å². The highest BCUT2D eigenvalue weighted by Gasteiger charge is 2.14. The van der Waals surface area contributed by atoms with Gasteiger partial charge < -0.3 is 14.3 Å². The number of hydrogen-bond acceptors (Lipinski definition) is 5. The van der Waals surface area contributed by atoms with E-state index in [4.69, 9.17) is 4.42 Å². The first-order valence-corrected chi connectivity index (χ1v) is 7.89. The molecule has 0 saturated carbocycles. The molecular formula is C15H12F2N4O2S. The van der Waals surface area contributed by atoms with Gasteiger partial charge in [-0.25, -0.2) is 8.78 Å². The number of aromatic nitrogens is 3. The van der Waals surface area contributed by atoms with Crippen LogP contribution in [-0.2, 0) is 11.3 Å². The minimum Gasteiger partial charge on any atom is -0.467 e. The van der Waals surface area contributed by atoms with Crippen molar-refractivity contribution in [2.75, 3.05) is 11.1 Å². The van der Waals surface area contributed by atoms with Gasteiger partial charge in [0.15, 0.2) is 5.16 Å². The second kappa shape index (κ2) is 7.26. The van der Waals surface area contributed by atoms with Crippen LogP contribution in [0, 0.1) is 11.6 Å². The van der Waals surface area contributed by atoms with Crippen molar-refractivity contribution in [3.63, 3.8) is 0 Å². The van der Waals surface area contributed by atoms with Crippen LogP contribution in [-0.4, -0.2) is 26.4 Å². The van der Waals surface area contributed by atoms with E-state index in [9.17, 15) is 13.6 Å². The summed E-state index contributed by atoms with van der Waals surface area (Å²) >= 11 is 1.11. The molecule has 6 nitrogen and oxygen atoms in total. The Labute approximate surface area is 139 Å². The van der Waals surface area contributed by atoms with Gasteiger partial charge in [-0.2, -0.15) is 0 Å². The summed E-state index contributed by atoms with van der Waals surface area (Å²) in [6.45, 7) is 0.423. The smallest absolute Gasteiger partial charge is 0.235 e. The van der Waals surface area contributed by atoms with Crippen LogP contribution in [0.1, 0.15) is 5.76 Å². The molecule has 3 aromatic rings. The summed E-state index contributed by atoms with van der Waals surface area (Å²) in [4.78, 5) is 11.9. The fourth-order valence-electron chi connectivity index (χ4n) is 1.96. The van der Waals surface area contributed by atoms with E-state index in [1.54, 1.807) is 16.9 Å². The minimum atomic E-state index is -0.825. The number of thioether (sulfide) groups is 1. The normalized spacial score (nSPS) is 10.8. The number of hydrogen-bond donors (Lipinski definition) is 1. The number of furan rings is 1. The van der Waals surface area contributed by atoms with Gasteiger partial charge in [-0.05, 0) is 24.3 Å². The quantitative estimate of drug-likeness (QED) is 0.692. The Kier molecular flexibility index (Phi) is 4.90. The van der Waals surface area contributed by atoms with E-state index in [1.165, 1.54) is 12.4 Å². The molecule has 0 bridgehead atoms. The summed E-state index contributed by atoms with van der Waals surface area (Å²) in [7, 11) is 0. The highest BCUT2D eigenvalue weighted by Crippen LogP contribution is 2.20. The Morgan fingerprint density at radius 1 is 1.25 bits per heavy atom. The van der Waals surface area contributed by atoms with Gasteiger partial charge in [-0.15, -0.1) is 10.2 Å². The molecule has 1 aromatic carbocycles. The summed E-state index contributed by atoms with van der Waals surface area (Å²) in [5, 5.41) is 10.4. The van der Waals surface area contributed by atoms with Crippen molar-refractivity contribution in [2.24, 2.45) is 0 Å². The predicted molar refractivity (Wildman–Crippen MR) is 83.5 cm³/mol. The molecule has 3 rings (SSSR count). The first-order valence-electron chi connectivity index (χ1n) is 6.90. The third-order valence-corrected chi connectivity index (χ3v) is 4.03. The molecule has 24 heavy (non-hydrogen) atoms. The minimum absolute atomic E-state index is 0.0649. The molecule has 0 aliphatic carbocycles. The van der Waals surface area contributed by atoms with Gasteiger partial charge in [-0.3, -0.25) is 4.79 Å². The second-order valence-corrected chi connectivity index (χ2v) is 5.70. The lowest BCUT2D eigenvalue weighted by Gasteiger charge is -2.07. The molecule has 1 amide bonds. The number of halogens is 2. The Morgan fingerprint density at radius 3 is 2.75 bits per heavy atom. The molecule has 0 spiro atoms. The molecule has 124 valence electrons. The molecule has 0 fully saturated rings. The summed E-state index contributed by atoms with van der Waals surface area (Å²) in [6.07, 6.45) is 3.07. The van der Waals surface area contributed by atoms with Crippen LogP contribution in [0.4, 0.5) is 14.5 Å². The van der Waals surface area contributed by atoms with Crippen LogP contribution in [0.2, 0.25) is 0 Å². The lowest BCUT2D eigenvalue weighted by molar-refractivity contribution is -0.113. The maximum atomic E-state index is 13.5. The van der Waals surface area contributed by atoms with E-state index in [2.05, 4.69) is 15.5 Å². The summed E-state index contributed by atoms with van der Waals surface area (Å²) < 4.78 is 34.0. The third-order valence-electron chi connectivity index (χ3n) is 3.05. The standard InChI is InChI=1S/C15H12F2N4O2S/c16-11-4-1-5-12(17)14(11)19-13(22)8-24-15-20-18-9-21(15)7-10-3-2-6-23-10/h1-6,9H,7-8H2,(H,19,22). The number of carbonyl (C=O) groups excluding carboxylic acids is 1. The highest BCUT2D eigenvalue weighted by atomic mass is 32.2. The van der Waals surface area contributed by atoms with Crippen molar-refractivity contribution in [1.82, 2.24) is 14.8 Å². The molecule has 1 N–H and O–H groups in total. The Bertz CT molecular complexity index is 816. The average molecular weight is 350 g/mol. The zero-order valence-corrected chi connectivity index (χ0v) is 13.1. The molecule has 0 unspecified atom stereocenters. The molecule has 0 aliphatic rings. The van der Waals surface area contributed by atoms with Gasteiger partial charge in [0, 0.05) is 0 Å². The number of benzene rings is 1. The van der Waals surface area contributed by atoms with Gasteiger partial charge in [0.2, 0.25) is 5.91 Å². The Morgan fingerprint density at radius 2 is 2.04 bits per heavy atom. The van der Waals surface area contributed by atoms with E-state index in [0.29, 0.717) is 11.7 Å². The van der Waals surface area contributed by atoms with Crippen molar-refractivity contribution in [1.29, 1.82) is 0 Å². The summed E-state index contributed by atoms with van der Waals surface area (Å²) in [5.74, 6) is -1.54. The second-order valence-electron chi connectivity index (χ2n) is 4.75. The SMILES string of the molecule is O=C(CSc1nncn1Cc1ccco1)Nc1c(F)cccc1F. The highest BCUT2D eigenvalue weighted by molar-refractivity contribution is 7.99. The number of amides is 1. The first kappa shape index (κ1) is 16.2. The summed E-state index contributed by atoms with van der Waals surface area (Å²) in [5.41, 5.74) is -0.458. The Hall–Kier alpha value is -2.68. The zero-order valence-electron chi connectivity index (χ0n) is 12.3. The van der Waals surface area contributed by atoms with Crippen LogP contribution in [0.3, 0.4) is 0 Å². The van der Waals surface area contributed by atoms with Crippen LogP contribution >= 0.6 is 11.8 Å². The topological polar surface area (TPSA) is 73.0 Å². The molecule has 9 heteroatoms. The largest absolute Gasteiger partial charge is 0.467 e. The van der Waals surface area contributed by atoms with Crippen LogP contribution < -0.4 is 5.32 Å². The van der Waals surface area contributed by atoms with Crippen LogP contribution in [0.25, 0.3) is 0 Å². The summed E-state index contributed by atoms with van der Waals surface area (Å²) in [6, 6.07) is 6.95. The fourth-order valence-corrected chi connectivity index (χ4v) is 2.67. The van der Waals surface area contributed by atoms with Gasteiger partial charge in [0.05, 0.1) is 18.6 Å². The number of nitrogens with one attached hydrogen (secondary N) is 1. The number of nitrogens with zero attached hydrogens (tertiary/aromatic N) is 3. The predicted octanol–water partition coefficient (Wildman–Crippen LogP) is 2.93. The molecule has 0 saturated heterocycles. The maximum Gasteiger partial charge on any atom is 0.235 e. The van der Waals surface area contributed by atoms with Gasteiger partial charge in [0.25, 0.3) is 0 Å². The molecule has 0 radical (unpaired) electrons. The maximum absolute atomic E-state index is 13.5. The van der Waals surface area contributed by atoms with Crippen molar-refractivity contribution >= 4 is 23.4 Å². The molecule has 0 aliphatic heterocycles. The lowest BCUT2D eigenvalue weighted by Crippen LogP contribution is -2.16. The Balaban J connectivity index is 1.60. The number of para-hydroxylation sites is 1.